The SMILES string of the molecule is CC1=C(NCCNCC(COc2ccc(F)cc2)OC(=O)/C=C/C(=O)O)[N+](C)([O-])CN(C)C1=O. The number of benzene rings is 1. The maximum Gasteiger partial charge on any atom is 0.331 e. The minimum Gasteiger partial charge on any atom is -0.625 e. The van der Waals surface area contributed by atoms with Crippen LogP contribution in [0.1, 0.15) is 6.92 Å². The van der Waals surface area contributed by atoms with E-state index in [1.807, 2.05) is 0 Å². The molecule has 2 unspecified atom stereocenters. The predicted molar refractivity (Wildman–Crippen MR) is 119 cm³/mol. The van der Waals surface area contributed by atoms with Gasteiger partial charge in [0.15, 0.2) is 6.67 Å². The third-order valence-corrected chi connectivity index (χ3v) is 4.84. The second-order valence-electron chi connectivity index (χ2n) is 7.85. The van der Waals surface area contributed by atoms with E-state index in [0.717, 1.165) is 6.08 Å². The van der Waals surface area contributed by atoms with Gasteiger partial charge in [-0.2, -0.15) is 0 Å². The normalized spacial score (nSPS) is 19.3. The third kappa shape index (κ3) is 8.14. The molecule has 34 heavy (non-hydrogen) atoms. The number of nitrogens with one attached hydrogen (secondary N) is 2. The maximum atomic E-state index is 13.1. The molecule has 3 N–H and O–H groups in total. The average Bonchev–Trinajstić information content (AvgIpc) is 2.76. The Morgan fingerprint density at radius 1 is 1.29 bits per heavy atom. The number of esters is 1. The highest BCUT2D eigenvalue weighted by Gasteiger charge is 2.33. The second-order valence-corrected chi connectivity index (χ2v) is 7.85. The molecule has 1 amide bonds. The fourth-order valence-electron chi connectivity index (χ4n) is 3.31. The van der Waals surface area contributed by atoms with Gasteiger partial charge in [-0.15, -0.1) is 0 Å². The van der Waals surface area contributed by atoms with Gasteiger partial charge in [0.25, 0.3) is 5.91 Å². The van der Waals surface area contributed by atoms with Gasteiger partial charge in [0.05, 0.1) is 12.6 Å². The molecule has 0 radical (unpaired) electrons. The van der Waals surface area contributed by atoms with Crippen LogP contribution in [0.3, 0.4) is 0 Å². The second kappa shape index (κ2) is 12.1. The molecule has 0 aliphatic carbocycles. The van der Waals surface area contributed by atoms with E-state index in [9.17, 15) is 24.0 Å². The van der Waals surface area contributed by atoms with E-state index in [-0.39, 0.29) is 31.5 Å². The predicted octanol–water partition coefficient (Wildman–Crippen LogP) is 0.542. The Morgan fingerprint density at radius 2 is 1.97 bits per heavy atom. The standard InChI is InChI=1S/C22H29FN4O7/c1-15-21(27(3,32)14-26(2)22(15)31)25-11-10-24-12-18(34-20(30)9-8-19(28)29)13-33-17-6-4-16(23)5-7-17/h4-9,18,24-25H,10-14H2,1-3H3,(H,28,29)/b9-8+. The van der Waals surface area contributed by atoms with Crippen molar-refractivity contribution in [2.75, 3.05) is 47.0 Å². The Kier molecular flexibility index (Phi) is 9.54. The number of amides is 1. The topological polar surface area (TPSA) is 140 Å². The van der Waals surface area contributed by atoms with E-state index in [1.165, 1.54) is 36.2 Å². The first-order valence-electron chi connectivity index (χ1n) is 10.5. The van der Waals surface area contributed by atoms with E-state index in [1.54, 1.807) is 14.0 Å². The molecule has 1 aliphatic rings. The fraction of sp³-hybridized carbons (Fsp3) is 0.409. The van der Waals surface area contributed by atoms with Crippen LogP contribution >= 0.6 is 0 Å². The smallest absolute Gasteiger partial charge is 0.331 e. The van der Waals surface area contributed by atoms with Crippen LogP contribution in [0.25, 0.3) is 0 Å². The van der Waals surface area contributed by atoms with Gasteiger partial charge in [0, 0.05) is 38.8 Å². The van der Waals surface area contributed by atoms with Crippen LogP contribution < -0.4 is 15.4 Å². The number of carbonyl (C=O) groups excluding carboxylic acids is 2. The number of hydrogen-bond donors (Lipinski definition) is 3. The minimum absolute atomic E-state index is 0.00541. The molecule has 0 fully saturated rings. The first kappa shape index (κ1) is 26.8. The lowest BCUT2D eigenvalue weighted by Crippen LogP contribution is -2.56. The zero-order valence-electron chi connectivity index (χ0n) is 19.2. The minimum atomic E-state index is -1.29. The average molecular weight is 480 g/mol. The van der Waals surface area contributed by atoms with Crippen molar-refractivity contribution in [3.05, 3.63) is 58.8 Å². The number of likely N-dealkylation sites (N-methyl/N-ethyl adjacent to an activating group) is 1. The molecular formula is C22H29FN4O7. The van der Waals surface area contributed by atoms with Crippen molar-refractivity contribution in [1.82, 2.24) is 15.5 Å². The van der Waals surface area contributed by atoms with Crippen LogP contribution in [0.4, 0.5) is 4.39 Å². The third-order valence-electron chi connectivity index (χ3n) is 4.84. The number of quaternary nitrogens is 1. The van der Waals surface area contributed by atoms with Crippen molar-refractivity contribution < 1.29 is 38.0 Å². The summed E-state index contributed by atoms with van der Waals surface area (Å²) in [4.78, 5) is 36.0. The molecule has 12 heteroatoms. The Bertz CT molecular complexity index is 947. The lowest BCUT2D eigenvalue weighted by molar-refractivity contribution is -0.836. The summed E-state index contributed by atoms with van der Waals surface area (Å²) in [5.41, 5.74) is 0.343. The quantitative estimate of drug-likeness (QED) is 0.129. The zero-order valence-corrected chi connectivity index (χ0v) is 19.2. The summed E-state index contributed by atoms with van der Waals surface area (Å²) < 4.78 is 23.1. The summed E-state index contributed by atoms with van der Waals surface area (Å²) in [7, 11) is 3.02. The Hall–Kier alpha value is -3.48. The molecule has 11 nitrogen and oxygen atoms in total. The number of carboxylic acid groups (broad SMARTS) is 1. The summed E-state index contributed by atoms with van der Waals surface area (Å²) in [5, 5.41) is 27.4. The van der Waals surface area contributed by atoms with Crippen molar-refractivity contribution >= 4 is 17.8 Å². The van der Waals surface area contributed by atoms with E-state index >= 15 is 0 Å². The summed E-state index contributed by atoms with van der Waals surface area (Å²) in [5.74, 6) is -2.14. The van der Waals surface area contributed by atoms with Gasteiger partial charge in [-0.25, -0.2) is 14.0 Å². The van der Waals surface area contributed by atoms with Gasteiger partial charge in [-0.1, -0.05) is 0 Å². The number of aliphatic carboxylic acids is 1. The van der Waals surface area contributed by atoms with Gasteiger partial charge in [-0.3, -0.25) is 14.3 Å². The van der Waals surface area contributed by atoms with E-state index in [0.29, 0.717) is 30.5 Å². The maximum absolute atomic E-state index is 13.1. The first-order chi connectivity index (χ1) is 16.0. The van der Waals surface area contributed by atoms with Crippen LogP contribution in [0.15, 0.2) is 47.8 Å². The van der Waals surface area contributed by atoms with Crippen LogP contribution in [-0.2, 0) is 19.1 Å². The highest BCUT2D eigenvalue weighted by atomic mass is 19.1. The highest BCUT2D eigenvalue weighted by Crippen LogP contribution is 2.22. The summed E-state index contributed by atoms with van der Waals surface area (Å²) in [6.45, 7) is 2.34. The number of nitrogens with zero attached hydrogens (tertiary/aromatic N) is 2. The first-order valence-corrected chi connectivity index (χ1v) is 10.5. The van der Waals surface area contributed by atoms with Gasteiger partial charge >= 0.3 is 11.9 Å². The zero-order chi connectivity index (χ0) is 25.3. The molecule has 0 saturated carbocycles. The van der Waals surface area contributed by atoms with Gasteiger partial charge in [0.2, 0.25) is 5.82 Å². The number of carbonyl (C=O) groups is 3. The van der Waals surface area contributed by atoms with Crippen molar-refractivity contribution in [1.29, 1.82) is 0 Å². The van der Waals surface area contributed by atoms with Gasteiger partial charge < -0.3 is 30.4 Å². The van der Waals surface area contributed by atoms with E-state index in [4.69, 9.17) is 14.6 Å². The number of ether oxygens (including phenoxy) is 2. The molecule has 0 spiro atoms. The molecule has 1 aromatic rings. The number of hydrogen-bond acceptors (Lipinski definition) is 8. The molecule has 1 aliphatic heterocycles. The van der Waals surface area contributed by atoms with Crippen molar-refractivity contribution in [3.63, 3.8) is 0 Å². The molecule has 0 bridgehead atoms. The number of hydroxylamine groups is 3. The van der Waals surface area contributed by atoms with Crippen LogP contribution in [0.2, 0.25) is 0 Å². The van der Waals surface area contributed by atoms with E-state index in [2.05, 4.69) is 10.6 Å². The fourth-order valence-corrected chi connectivity index (χ4v) is 3.31. The molecular weight excluding hydrogens is 451 g/mol. The molecule has 1 aromatic carbocycles. The summed E-state index contributed by atoms with van der Waals surface area (Å²) in [6, 6.07) is 5.30. The number of halogens is 1. The molecule has 2 rings (SSSR count). The molecule has 2 atom stereocenters. The lowest BCUT2D eigenvalue weighted by Gasteiger charge is -2.45. The van der Waals surface area contributed by atoms with Crippen LogP contribution in [-0.4, -0.2) is 85.6 Å². The largest absolute Gasteiger partial charge is 0.625 e. The monoisotopic (exact) mass is 480 g/mol. The molecule has 1 heterocycles. The Morgan fingerprint density at radius 3 is 2.62 bits per heavy atom. The summed E-state index contributed by atoms with van der Waals surface area (Å²) >= 11 is 0. The molecule has 0 saturated heterocycles. The molecule has 186 valence electrons. The van der Waals surface area contributed by atoms with Crippen molar-refractivity contribution in [2.45, 2.75) is 13.0 Å². The van der Waals surface area contributed by atoms with Gasteiger partial charge in [-0.05, 0) is 31.2 Å². The Labute approximate surface area is 196 Å². The van der Waals surface area contributed by atoms with Gasteiger partial charge in [0.1, 0.15) is 24.3 Å². The Balaban J connectivity index is 1.90. The number of carboxylic acids is 1. The van der Waals surface area contributed by atoms with Crippen molar-refractivity contribution in [3.8, 4) is 5.75 Å². The molecule has 0 aromatic heterocycles. The van der Waals surface area contributed by atoms with Crippen molar-refractivity contribution in [2.24, 2.45) is 0 Å². The van der Waals surface area contributed by atoms with Crippen LogP contribution in [0.5, 0.6) is 5.75 Å². The number of rotatable bonds is 12. The highest BCUT2D eigenvalue weighted by molar-refractivity contribution is 5.93. The van der Waals surface area contributed by atoms with E-state index < -0.39 is 28.5 Å². The van der Waals surface area contributed by atoms with Crippen LogP contribution in [0, 0.1) is 11.0 Å². The summed E-state index contributed by atoms with van der Waals surface area (Å²) in [6.07, 6.45) is 0.658. The lowest BCUT2D eigenvalue weighted by atomic mass is 10.2.